The van der Waals surface area contributed by atoms with E-state index >= 15 is 0 Å². The van der Waals surface area contributed by atoms with E-state index in [2.05, 4.69) is 280 Å². The minimum Gasteiger partial charge on any atom is -0.311 e. The Morgan fingerprint density at radius 2 is 0.646 bits per heavy atom. The quantitative estimate of drug-likeness (QED) is 0.134. The van der Waals surface area contributed by atoms with Crippen molar-refractivity contribution < 1.29 is 0 Å². The molecule has 0 saturated heterocycles. The minimum absolute atomic E-state index is 0.0436. The third kappa shape index (κ3) is 6.73. The van der Waals surface area contributed by atoms with E-state index < -0.39 is 0 Å². The van der Waals surface area contributed by atoms with Crippen LogP contribution in [0.5, 0.6) is 0 Å². The molecule has 2 heterocycles. The van der Waals surface area contributed by atoms with Crippen LogP contribution in [0.1, 0.15) is 0 Å². The average molecular weight is 831 g/mol. The number of hydrogen-bond donors (Lipinski definition) is 0. The van der Waals surface area contributed by atoms with Crippen molar-refractivity contribution in [2.45, 2.75) is 0 Å². The van der Waals surface area contributed by atoms with Gasteiger partial charge in [0.1, 0.15) is 0 Å². The van der Waals surface area contributed by atoms with Gasteiger partial charge in [0.15, 0.2) is 0 Å². The first-order valence-corrected chi connectivity index (χ1v) is 22.3. The zero-order valence-corrected chi connectivity index (χ0v) is 35.7. The molecule has 0 aliphatic carbocycles. The van der Waals surface area contributed by atoms with Crippen LogP contribution in [0.2, 0.25) is 0 Å². The van der Waals surface area contributed by atoms with Crippen molar-refractivity contribution in [2.75, 3.05) is 19.6 Å². The van der Waals surface area contributed by atoms with Crippen molar-refractivity contribution in [3.05, 3.63) is 261 Å². The number of rotatable bonds is 9. The van der Waals surface area contributed by atoms with Crippen molar-refractivity contribution in [1.82, 2.24) is 0 Å². The topological polar surface area (TPSA) is 13.0 Å². The molecule has 0 amide bonds. The van der Waals surface area contributed by atoms with Crippen LogP contribution in [0, 0.1) is 0 Å². The third-order valence-corrected chi connectivity index (χ3v) is 12.8. The average Bonchev–Trinajstić information content (AvgIpc) is 3.38. The predicted octanol–water partition coefficient (Wildman–Crippen LogP) is 14.4. The fourth-order valence-electron chi connectivity index (χ4n) is 9.96. The highest BCUT2D eigenvalue weighted by atomic mass is 15.2. The summed E-state index contributed by atoms with van der Waals surface area (Å²) in [6.07, 6.45) is 0. The first-order valence-electron chi connectivity index (χ1n) is 22.3. The largest absolute Gasteiger partial charge is 0.311 e. The summed E-state index contributed by atoms with van der Waals surface area (Å²) in [6.45, 7) is -0.0436. The summed E-state index contributed by atoms with van der Waals surface area (Å²) < 4.78 is 0. The molecule has 0 atom stereocenters. The molecule has 0 spiro atoms. The van der Waals surface area contributed by atoms with E-state index in [4.69, 9.17) is 0 Å². The Labute approximate surface area is 381 Å². The van der Waals surface area contributed by atoms with E-state index in [9.17, 15) is 0 Å². The van der Waals surface area contributed by atoms with Crippen molar-refractivity contribution in [3.8, 4) is 11.1 Å². The van der Waals surface area contributed by atoms with Crippen LogP contribution in [0.4, 0.5) is 68.2 Å². The van der Waals surface area contributed by atoms with Gasteiger partial charge in [-0.1, -0.05) is 158 Å². The Hall–Kier alpha value is -8.54. The maximum Gasteiger partial charge on any atom is 0.252 e. The van der Waals surface area contributed by atoms with Gasteiger partial charge in [0, 0.05) is 62.6 Å². The van der Waals surface area contributed by atoms with Crippen molar-refractivity contribution in [2.24, 2.45) is 0 Å². The summed E-state index contributed by atoms with van der Waals surface area (Å²) in [7, 11) is 0. The van der Waals surface area contributed by atoms with Crippen LogP contribution in [-0.4, -0.2) is 6.71 Å². The molecule has 0 bridgehead atoms. The highest BCUT2D eigenvalue weighted by Gasteiger charge is 2.44. The van der Waals surface area contributed by atoms with Crippen molar-refractivity contribution >= 4 is 91.3 Å². The van der Waals surface area contributed by atoms with Gasteiger partial charge in [-0.25, -0.2) is 0 Å². The van der Waals surface area contributed by atoms with E-state index in [0.717, 1.165) is 62.6 Å². The molecule has 5 heteroatoms. The molecule has 0 saturated carbocycles. The van der Waals surface area contributed by atoms with Gasteiger partial charge in [0.25, 0.3) is 6.71 Å². The van der Waals surface area contributed by atoms with Crippen molar-refractivity contribution in [3.63, 3.8) is 0 Å². The maximum atomic E-state index is 2.52. The lowest BCUT2D eigenvalue weighted by Gasteiger charge is -2.45. The van der Waals surface area contributed by atoms with Crippen LogP contribution < -0.4 is 36.0 Å². The number of para-hydroxylation sites is 6. The molecule has 12 rings (SSSR count). The molecule has 10 aromatic carbocycles. The first kappa shape index (κ1) is 38.2. The standard InChI is InChI=1S/C60H43BN4/c1-7-21-44(22-8-1)45-35-37-51(38-36-45)65-57-41-52(62(46-23-9-2-10-24-46)47-25-11-3-12-26-47)39-40-55(57)61-54-33-19-20-34-56(54)64(50-31-17-6-18-32-50)58-42-53(43-59(65)60(58)61)63(48-27-13-4-14-28-48)49-29-15-5-16-30-49/h1-43H. The lowest BCUT2D eigenvalue weighted by atomic mass is 9.33. The van der Waals surface area contributed by atoms with Crippen LogP contribution in [0.25, 0.3) is 11.1 Å². The van der Waals surface area contributed by atoms with Gasteiger partial charge in [-0.15, -0.1) is 0 Å². The number of benzene rings is 10. The van der Waals surface area contributed by atoms with Gasteiger partial charge < -0.3 is 19.6 Å². The van der Waals surface area contributed by atoms with Crippen molar-refractivity contribution in [1.29, 1.82) is 0 Å². The second kappa shape index (κ2) is 16.3. The van der Waals surface area contributed by atoms with Crippen LogP contribution >= 0.6 is 0 Å². The zero-order chi connectivity index (χ0) is 43.1. The molecule has 4 nitrogen and oxygen atoms in total. The van der Waals surface area contributed by atoms with Gasteiger partial charge in [0.05, 0.1) is 5.69 Å². The molecular formula is C60H43BN4. The molecule has 2 aliphatic heterocycles. The lowest BCUT2D eigenvalue weighted by molar-refractivity contribution is 1.22. The molecule has 0 aromatic heterocycles. The molecule has 306 valence electrons. The Bertz CT molecular complexity index is 3180. The second-order valence-electron chi connectivity index (χ2n) is 16.6. The van der Waals surface area contributed by atoms with Gasteiger partial charge in [-0.05, 0) is 131 Å². The van der Waals surface area contributed by atoms with E-state index in [-0.39, 0.29) is 6.71 Å². The van der Waals surface area contributed by atoms with Crippen LogP contribution in [0.15, 0.2) is 261 Å². The van der Waals surface area contributed by atoms with Crippen LogP contribution in [-0.2, 0) is 0 Å². The van der Waals surface area contributed by atoms with E-state index in [0.29, 0.717) is 0 Å². The number of hydrogen-bond acceptors (Lipinski definition) is 4. The normalized spacial score (nSPS) is 12.2. The zero-order valence-electron chi connectivity index (χ0n) is 35.7. The second-order valence-corrected chi connectivity index (χ2v) is 16.6. The highest BCUT2D eigenvalue weighted by Crippen LogP contribution is 2.49. The summed E-state index contributed by atoms with van der Waals surface area (Å²) in [6, 6.07) is 94.5. The fraction of sp³-hybridized carbons (Fsp3) is 0. The molecule has 0 fully saturated rings. The number of nitrogens with zero attached hydrogens (tertiary/aromatic N) is 4. The highest BCUT2D eigenvalue weighted by molar-refractivity contribution is 7.00. The van der Waals surface area contributed by atoms with Gasteiger partial charge in [-0.3, -0.25) is 0 Å². The number of anilines is 12. The maximum absolute atomic E-state index is 2.52. The molecule has 0 radical (unpaired) electrons. The first-order chi connectivity index (χ1) is 32.3. The number of fused-ring (bicyclic) bond motifs is 4. The third-order valence-electron chi connectivity index (χ3n) is 12.8. The lowest BCUT2D eigenvalue weighted by Crippen LogP contribution is -2.61. The van der Waals surface area contributed by atoms with Gasteiger partial charge in [-0.2, -0.15) is 0 Å². The monoisotopic (exact) mass is 830 g/mol. The Morgan fingerprint density at radius 1 is 0.262 bits per heavy atom. The summed E-state index contributed by atoms with van der Waals surface area (Å²) in [5, 5.41) is 0. The fourth-order valence-corrected chi connectivity index (χ4v) is 9.96. The van der Waals surface area contributed by atoms with E-state index in [1.807, 2.05) is 0 Å². The molecular weight excluding hydrogens is 787 g/mol. The summed E-state index contributed by atoms with van der Waals surface area (Å²) in [5.41, 5.74) is 19.5. The Kier molecular flexibility index (Phi) is 9.57. The van der Waals surface area contributed by atoms with Gasteiger partial charge >= 0.3 is 0 Å². The van der Waals surface area contributed by atoms with Gasteiger partial charge in [0.2, 0.25) is 0 Å². The smallest absolute Gasteiger partial charge is 0.252 e. The summed E-state index contributed by atoms with van der Waals surface area (Å²) in [4.78, 5) is 9.76. The predicted molar refractivity (Wildman–Crippen MR) is 275 cm³/mol. The SMILES string of the molecule is c1ccc(-c2ccc(N3c4cc(N(c5ccccc5)c5ccccc5)ccc4B4c5ccccc5N(c5ccccc5)c5cc(N(c6ccccc6)c6ccccc6)cc3c54)cc2)cc1. The van der Waals surface area contributed by atoms with E-state index in [1.54, 1.807) is 0 Å². The summed E-state index contributed by atoms with van der Waals surface area (Å²) >= 11 is 0. The molecule has 10 aromatic rings. The molecule has 65 heavy (non-hydrogen) atoms. The Balaban J connectivity index is 1.17. The minimum atomic E-state index is -0.0436. The molecule has 2 aliphatic rings. The molecule has 0 N–H and O–H groups in total. The van der Waals surface area contributed by atoms with Crippen LogP contribution in [0.3, 0.4) is 0 Å². The van der Waals surface area contributed by atoms with E-state index in [1.165, 1.54) is 33.2 Å². The molecule has 0 unspecified atom stereocenters. The summed E-state index contributed by atoms with van der Waals surface area (Å²) in [5.74, 6) is 0. The Morgan fingerprint density at radius 3 is 1.18 bits per heavy atom.